The zero-order chi connectivity index (χ0) is 11.8. The van der Waals surface area contributed by atoms with Gasteiger partial charge in [-0.15, -0.1) is 5.10 Å². The van der Waals surface area contributed by atoms with Crippen LogP contribution in [0.5, 0.6) is 0 Å². The summed E-state index contributed by atoms with van der Waals surface area (Å²) in [4.78, 5) is 12.0. The Kier molecular flexibility index (Phi) is 2.04. The Morgan fingerprint density at radius 2 is 2.24 bits per heavy atom. The normalized spacial score (nSPS) is 11.1. The average Bonchev–Trinajstić information content (AvgIpc) is 2.87. The van der Waals surface area contributed by atoms with E-state index in [2.05, 4.69) is 20.0 Å². The van der Waals surface area contributed by atoms with Crippen LogP contribution in [0.1, 0.15) is 11.4 Å². The van der Waals surface area contributed by atoms with Crippen LogP contribution in [0.25, 0.3) is 5.65 Å². The molecule has 0 aliphatic heterocycles. The van der Waals surface area contributed by atoms with E-state index in [1.807, 2.05) is 6.07 Å². The van der Waals surface area contributed by atoms with Gasteiger partial charge in [0.15, 0.2) is 5.65 Å². The van der Waals surface area contributed by atoms with Gasteiger partial charge in [0, 0.05) is 6.20 Å². The van der Waals surface area contributed by atoms with Crippen molar-refractivity contribution >= 4 is 5.65 Å². The number of aromatic nitrogens is 5. The van der Waals surface area contributed by atoms with Crippen molar-refractivity contribution in [2.45, 2.75) is 13.5 Å². The molecule has 0 saturated heterocycles. The number of rotatable bonds is 2. The minimum absolute atomic E-state index is 0.206. The van der Waals surface area contributed by atoms with Crippen LogP contribution < -0.4 is 5.69 Å². The SMILES string of the molecule is Cc1nonc1Cn1nc2ccccn2c1=O. The lowest BCUT2D eigenvalue weighted by atomic mass is 10.3. The lowest BCUT2D eigenvalue weighted by molar-refractivity contribution is 0.300. The standard InChI is InChI=1S/C10H9N5O2/c1-7-8(13-17-12-7)6-15-10(16)14-5-3-2-4-9(14)11-15/h2-5H,6H2,1H3. The Hall–Kier alpha value is -2.44. The molecule has 0 aliphatic carbocycles. The average molecular weight is 231 g/mol. The molecular weight excluding hydrogens is 222 g/mol. The van der Waals surface area contributed by atoms with Crippen LogP contribution >= 0.6 is 0 Å². The first-order valence-electron chi connectivity index (χ1n) is 5.08. The third kappa shape index (κ3) is 1.52. The van der Waals surface area contributed by atoms with Gasteiger partial charge in [0.2, 0.25) is 0 Å². The van der Waals surface area contributed by atoms with Gasteiger partial charge in [0.1, 0.15) is 11.4 Å². The number of nitrogens with zero attached hydrogens (tertiary/aromatic N) is 5. The molecule has 0 saturated carbocycles. The fourth-order valence-corrected chi connectivity index (χ4v) is 1.61. The molecule has 0 unspecified atom stereocenters. The van der Waals surface area contributed by atoms with E-state index in [1.165, 1.54) is 9.08 Å². The smallest absolute Gasteiger partial charge is 0.250 e. The maximum atomic E-state index is 12.0. The lowest BCUT2D eigenvalue weighted by Gasteiger charge is -1.93. The van der Waals surface area contributed by atoms with Crippen LogP contribution in [-0.2, 0) is 6.54 Å². The molecule has 0 N–H and O–H groups in total. The molecule has 17 heavy (non-hydrogen) atoms. The predicted octanol–water partition coefficient (Wildman–Crippen LogP) is 0.236. The van der Waals surface area contributed by atoms with Crippen molar-refractivity contribution in [3.8, 4) is 0 Å². The van der Waals surface area contributed by atoms with Gasteiger partial charge in [-0.3, -0.25) is 4.40 Å². The van der Waals surface area contributed by atoms with E-state index in [1.54, 1.807) is 25.3 Å². The van der Waals surface area contributed by atoms with Crippen molar-refractivity contribution in [1.29, 1.82) is 0 Å². The largest absolute Gasteiger partial charge is 0.350 e. The summed E-state index contributed by atoms with van der Waals surface area (Å²) in [5.74, 6) is 0. The first kappa shape index (κ1) is 9.76. The van der Waals surface area contributed by atoms with E-state index in [0.29, 0.717) is 17.0 Å². The molecule has 86 valence electrons. The summed E-state index contributed by atoms with van der Waals surface area (Å²) in [6.45, 7) is 2.03. The van der Waals surface area contributed by atoms with Gasteiger partial charge >= 0.3 is 5.69 Å². The summed E-state index contributed by atoms with van der Waals surface area (Å²) in [5.41, 5.74) is 1.67. The third-order valence-electron chi connectivity index (χ3n) is 2.53. The van der Waals surface area contributed by atoms with E-state index in [-0.39, 0.29) is 12.2 Å². The molecule has 0 bridgehead atoms. The van der Waals surface area contributed by atoms with Crippen LogP contribution in [0.15, 0.2) is 33.8 Å². The molecule has 0 atom stereocenters. The Morgan fingerprint density at radius 3 is 2.94 bits per heavy atom. The Labute approximate surface area is 95.3 Å². The molecule has 3 heterocycles. The number of fused-ring (bicyclic) bond motifs is 1. The van der Waals surface area contributed by atoms with Crippen molar-refractivity contribution in [2.75, 3.05) is 0 Å². The number of pyridine rings is 1. The quantitative estimate of drug-likeness (QED) is 0.631. The lowest BCUT2D eigenvalue weighted by Crippen LogP contribution is -2.22. The maximum absolute atomic E-state index is 12.0. The molecule has 0 aromatic carbocycles. The van der Waals surface area contributed by atoms with E-state index in [0.717, 1.165) is 0 Å². The van der Waals surface area contributed by atoms with Gasteiger partial charge in [-0.05, 0) is 19.1 Å². The highest BCUT2D eigenvalue weighted by atomic mass is 16.6. The van der Waals surface area contributed by atoms with Crippen molar-refractivity contribution in [1.82, 2.24) is 24.5 Å². The fraction of sp³-hybridized carbons (Fsp3) is 0.200. The van der Waals surface area contributed by atoms with Crippen molar-refractivity contribution in [2.24, 2.45) is 0 Å². The monoisotopic (exact) mass is 231 g/mol. The summed E-state index contributed by atoms with van der Waals surface area (Å²) in [6.07, 6.45) is 1.68. The van der Waals surface area contributed by atoms with Gasteiger partial charge < -0.3 is 0 Å². The summed E-state index contributed by atoms with van der Waals surface area (Å²) in [7, 11) is 0. The summed E-state index contributed by atoms with van der Waals surface area (Å²) in [5, 5.41) is 11.6. The highest BCUT2D eigenvalue weighted by molar-refractivity contribution is 5.35. The second kappa shape index (κ2) is 3.55. The first-order valence-corrected chi connectivity index (χ1v) is 5.08. The van der Waals surface area contributed by atoms with Gasteiger partial charge in [-0.1, -0.05) is 16.4 Å². The molecule has 7 heteroatoms. The second-order valence-corrected chi connectivity index (χ2v) is 3.67. The molecule has 3 aromatic rings. The highest BCUT2D eigenvalue weighted by Gasteiger charge is 2.11. The molecule has 0 amide bonds. The molecular formula is C10H9N5O2. The van der Waals surface area contributed by atoms with Crippen molar-refractivity contribution in [3.63, 3.8) is 0 Å². The second-order valence-electron chi connectivity index (χ2n) is 3.67. The topological polar surface area (TPSA) is 78.2 Å². The van der Waals surface area contributed by atoms with Crippen LogP contribution in [0, 0.1) is 6.92 Å². The molecule has 0 fully saturated rings. The maximum Gasteiger partial charge on any atom is 0.350 e. The minimum atomic E-state index is -0.206. The van der Waals surface area contributed by atoms with Crippen LogP contribution in [0.2, 0.25) is 0 Å². The van der Waals surface area contributed by atoms with Gasteiger partial charge in [0.05, 0.1) is 6.54 Å². The van der Waals surface area contributed by atoms with Gasteiger partial charge in [-0.2, -0.15) is 0 Å². The van der Waals surface area contributed by atoms with Crippen molar-refractivity contribution in [3.05, 3.63) is 46.3 Å². The van der Waals surface area contributed by atoms with Gasteiger partial charge in [-0.25, -0.2) is 14.1 Å². The predicted molar refractivity (Wildman–Crippen MR) is 57.6 cm³/mol. The first-order chi connectivity index (χ1) is 8.25. The zero-order valence-electron chi connectivity index (χ0n) is 9.07. The Balaban J connectivity index is 2.10. The van der Waals surface area contributed by atoms with Crippen LogP contribution in [0.4, 0.5) is 0 Å². The molecule has 3 aromatic heterocycles. The molecule has 3 rings (SSSR count). The highest BCUT2D eigenvalue weighted by Crippen LogP contribution is 2.02. The fourth-order valence-electron chi connectivity index (χ4n) is 1.61. The number of hydrogen-bond acceptors (Lipinski definition) is 5. The number of aryl methyl sites for hydroxylation is 1. The molecule has 7 nitrogen and oxygen atoms in total. The molecule has 0 spiro atoms. The Morgan fingerprint density at radius 1 is 1.35 bits per heavy atom. The molecule has 0 radical (unpaired) electrons. The third-order valence-corrected chi connectivity index (χ3v) is 2.53. The minimum Gasteiger partial charge on any atom is -0.250 e. The summed E-state index contributed by atoms with van der Waals surface area (Å²) >= 11 is 0. The zero-order valence-corrected chi connectivity index (χ0v) is 9.07. The van der Waals surface area contributed by atoms with Crippen LogP contribution in [-0.4, -0.2) is 24.5 Å². The summed E-state index contributed by atoms with van der Waals surface area (Å²) < 4.78 is 7.39. The Bertz CT molecular complexity index is 723. The van der Waals surface area contributed by atoms with Gasteiger partial charge in [0.25, 0.3) is 0 Å². The van der Waals surface area contributed by atoms with E-state index in [9.17, 15) is 4.79 Å². The van der Waals surface area contributed by atoms with Crippen LogP contribution in [0.3, 0.4) is 0 Å². The van der Waals surface area contributed by atoms with E-state index >= 15 is 0 Å². The molecule has 0 aliphatic rings. The van der Waals surface area contributed by atoms with E-state index in [4.69, 9.17) is 0 Å². The van der Waals surface area contributed by atoms with Crippen molar-refractivity contribution < 1.29 is 4.63 Å². The number of hydrogen-bond donors (Lipinski definition) is 0. The summed E-state index contributed by atoms with van der Waals surface area (Å²) in [6, 6.07) is 5.38. The van der Waals surface area contributed by atoms with E-state index < -0.39 is 0 Å².